The normalized spacial score (nSPS) is 11.7. The van der Waals surface area contributed by atoms with E-state index < -0.39 is 0 Å². The molecule has 0 saturated heterocycles. The molecule has 0 fully saturated rings. The first-order valence-corrected chi connectivity index (χ1v) is 7.26. The molecule has 0 radical (unpaired) electrons. The molecule has 3 nitrogen and oxygen atoms in total. The minimum atomic E-state index is 0.570. The van der Waals surface area contributed by atoms with Gasteiger partial charge >= 0.3 is 0 Å². The first-order chi connectivity index (χ1) is 8.56. The number of rotatable bonds is 5. The molecule has 0 aliphatic rings. The van der Waals surface area contributed by atoms with Crippen molar-refractivity contribution in [3.8, 4) is 0 Å². The average molecular weight is 284 g/mol. The molecule has 2 rings (SSSR count). The fraction of sp³-hybridized carbons (Fsp3) is 0.462. The predicted molar refractivity (Wildman–Crippen MR) is 80.9 cm³/mol. The highest BCUT2D eigenvalue weighted by Gasteiger charge is 2.05. The van der Waals surface area contributed by atoms with Crippen LogP contribution in [0.3, 0.4) is 0 Å². The van der Waals surface area contributed by atoms with Crippen molar-refractivity contribution >= 4 is 38.3 Å². The summed E-state index contributed by atoms with van der Waals surface area (Å²) >= 11 is 7.61. The maximum absolute atomic E-state index is 5.96. The Morgan fingerprint density at radius 3 is 2.94 bits per heavy atom. The minimum Gasteiger partial charge on any atom is -0.360 e. The van der Waals surface area contributed by atoms with Crippen molar-refractivity contribution in [2.45, 2.75) is 19.9 Å². The summed E-state index contributed by atoms with van der Waals surface area (Å²) in [5, 5.41) is 5.09. The van der Waals surface area contributed by atoms with Gasteiger partial charge in [-0.15, -0.1) is 0 Å². The number of benzene rings is 1. The van der Waals surface area contributed by atoms with Gasteiger partial charge in [-0.1, -0.05) is 22.9 Å². The van der Waals surface area contributed by atoms with E-state index in [2.05, 4.69) is 36.1 Å². The van der Waals surface area contributed by atoms with Crippen LogP contribution < -0.4 is 5.32 Å². The standard InChI is InChI=1S/C13H18ClN3S/c1-9(2)17(3)7-6-15-13-16-11-5-4-10(14)8-12(11)18-13/h4-5,8-9H,6-7H2,1-3H3,(H,15,16). The largest absolute Gasteiger partial charge is 0.360 e. The molecule has 1 aromatic carbocycles. The predicted octanol–water partition coefficient (Wildman–Crippen LogP) is 3.70. The Labute approximate surface area is 117 Å². The third-order valence-electron chi connectivity index (χ3n) is 2.97. The van der Waals surface area contributed by atoms with Crippen LogP contribution in [-0.4, -0.2) is 36.1 Å². The lowest BCUT2D eigenvalue weighted by atomic mass is 10.3. The lowest BCUT2D eigenvalue weighted by Crippen LogP contribution is -2.31. The van der Waals surface area contributed by atoms with Gasteiger partial charge in [0.1, 0.15) is 0 Å². The molecule has 0 atom stereocenters. The zero-order valence-electron chi connectivity index (χ0n) is 10.9. The van der Waals surface area contributed by atoms with Crippen molar-refractivity contribution in [3.63, 3.8) is 0 Å². The van der Waals surface area contributed by atoms with Gasteiger partial charge in [0.25, 0.3) is 0 Å². The van der Waals surface area contributed by atoms with Crippen LogP contribution in [0.5, 0.6) is 0 Å². The van der Waals surface area contributed by atoms with E-state index in [1.165, 1.54) is 0 Å². The Hall–Kier alpha value is -0.840. The highest BCUT2D eigenvalue weighted by molar-refractivity contribution is 7.22. The Bertz CT molecular complexity index is 524. The minimum absolute atomic E-state index is 0.570. The van der Waals surface area contributed by atoms with Crippen molar-refractivity contribution in [2.75, 3.05) is 25.5 Å². The maximum Gasteiger partial charge on any atom is 0.183 e. The molecule has 98 valence electrons. The molecule has 0 aliphatic heterocycles. The Kier molecular flexibility index (Phi) is 4.43. The zero-order chi connectivity index (χ0) is 13.1. The second-order valence-corrected chi connectivity index (χ2v) is 6.10. The summed E-state index contributed by atoms with van der Waals surface area (Å²) in [7, 11) is 2.13. The van der Waals surface area contributed by atoms with E-state index in [-0.39, 0.29) is 0 Å². The van der Waals surface area contributed by atoms with Crippen molar-refractivity contribution in [2.24, 2.45) is 0 Å². The van der Waals surface area contributed by atoms with Crippen LogP contribution in [0.4, 0.5) is 5.13 Å². The first kappa shape index (κ1) is 13.6. The van der Waals surface area contributed by atoms with Crippen LogP contribution in [0.2, 0.25) is 5.02 Å². The fourth-order valence-corrected chi connectivity index (χ4v) is 2.74. The summed E-state index contributed by atoms with van der Waals surface area (Å²) in [5.41, 5.74) is 1.00. The number of hydrogen-bond donors (Lipinski definition) is 1. The van der Waals surface area contributed by atoms with Crippen LogP contribution in [0.15, 0.2) is 18.2 Å². The number of fused-ring (bicyclic) bond motifs is 1. The van der Waals surface area contributed by atoms with Crippen LogP contribution >= 0.6 is 22.9 Å². The number of halogens is 1. The Morgan fingerprint density at radius 2 is 2.22 bits per heavy atom. The second-order valence-electron chi connectivity index (χ2n) is 4.63. The smallest absolute Gasteiger partial charge is 0.183 e. The van der Waals surface area contributed by atoms with Gasteiger partial charge in [-0.3, -0.25) is 0 Å². The molecule has 0 bridgehead atoms. The van der Waals surface area contributed by atoms with E-state index in [0.717, 1.165) is 33.5 Å². The number of thiazole rings is 1. The molecular weight excluding hydrogens is 266 g/mol. The molecule has 1 N–H and O–H groups in total. The number of likely N-dealkylation sites (N-methyl/N-ethyl adjacent to an activating group) is 1. The van der Waals surface area contributed by atoms with Crippen LogP contribution in [-0.2, 0) is 0 Å². The van der Waals surface area contributed by atoms with E-state index >= 15 is 0 Å². The SMILES string of the molecule is CC(C)N(C)CCNc1nc2ccc(Cl)cc2s1. The topological polar surface area (TPSA) is 28.2 Å². The number of hydrogen-bond acceptors (Lipinski definition) is 4. The molecule has 2 aromatic rings. The van der Waals surface area contributed by atoms with Gasteiger partial charge in [0.2, 0.25) is 0 Å². The van der Waals surface area contributed by atoms with E-state index in [9.17, 15) is 0 Å². The quantitative estimate of drug-likeness (QED) is 0.907. The summed E-state index contributed by atoms with van der Waals surface area (Å²) in [6.07, 6.45) is 0. The molecule has 1 heterocycles. The van der Waals surface area contributed by atoms with E-state index in [0.29, 0.717) is 6.04 Å². The fourth-order valence-electron chi connectivity index (χ4n) is 1.57. The average Bonchev–Trinajstić information content (AvgIpc) is 2.70. The van der Waals surface area contributed by atoms with Gasteiger partial charge < -0.3 is 10.2 Å². The zero-order valence-corrected chi connectivity index (χ0v) is 12.5. The number of nitrogens with one attached hydrogen (secondary N) is 1. The molecule has 0 saturated carbocycles. The van der Waals surface area contributed by atoms with Gasteiger partial charge in [0.15, 0.2) is 5.13 Å². The van der Waals surface area contributed by atoms with Crippen LogP contribution in [0.1, 0.15) is 13.8 Å². The van der Waals surface area contributed by atoms with E-state index in [1.807, 2.05) is 18.2 Å². The Balaban J connectivity index is 1.96. The van der Waals surface area contributed by atoms with Crippen LogP contribution in [0, 0.1) is 0 Å². The summed E-state index contributed by atoms with van der Waals surface area (Å²) < 4.78 is 1.13. The molecule has 5 heteroatoms. The molecule has 0 spiro atoms. The van der Waals surface area contributed by atoms with E-state index in [4.69, 9.17) is 11.6 Å². The highest BCUT2D eigenvalue weighted by Crippen LogP contribution is 2.28. The molecule has 1 aromatic heterocycles. The van der Waals surface area contributed by atoms with Crippen molar-refractivity contribution in [3.05, 3.63) is 23.2 Å². The van der Waals surface area contributed by atoms with E-state index in [1.54, 1.807) is 11.3 Å². The van der Waals surface area contributed by atoms with Gasteiger partial charge in [-0.2, -0.15) is 0 Å². The van der Waals surface area contributed by atoms with Gasteiger partial charge in [-0.05, 0) is 39.1 Å². The Morgan fingerprint density at radius 1 is 1.44 bits per heavy atom. The van der Waals surface area contributed by atoms with Gasteiger partial charge in [0, 0.05) is 24.2 Å². The summed E-state index contributed by atoms with van der Waals surface area (Å²) in [5.74, 6) is 0. The second kappa shape index (κ2) is 5.87. The highest BCUT2D eigenvalue weighted by atomic mass is 35.5. The lowest BCUT2D eigenvalue weighted by molar-refractivity contribution is 0.284. The van der Waals surface area contributed by atoms with Crippen molar-refractivity contribution in [1.29, 1.82) is 0 Å². The van der Waals surface area contributed by atoms with Gasteiger partial charge in [0.05, 0.1) is 10.2 Å². The summed E-state index contributed by atoms with van der Waals surface area (Å²) in [6.45, 7) is 6.30. The molecule has 0 aliphatic carbocycles. The van der Waals surface area contributed by atoms with Gasteiger partial charge in [-0.25, -0.2) is 4.98 Å². The van der Waals surface area contributed by atoms with Crippen molar-refractivity contribution < 1.29 is 0 Å². The van der Waals surface area contributed by atoms with Crippen molar-refractivity contribution in [1.82, 2.24) is 9.88 Å². The summed E-state index contributed by atoms with van der Waals surface area (Å²) in [4.78, 5) is 6.83. The third kappa shape index (κ3) is 3.34. The van der Waals surface area contributed by atoms with Crippen LogP contribution in [0.25, 0.3) is 10.2 Å². The molecule has 0 amide bonds. The monoisotopic (exact) mass is 283 g/mol. The maximum atomic E-state index is 5.96. The third-order valence-corrected chi connectivity index (χ3v) is 4.18. The molecule has 0 unspecified atom stereocenters. The lowest BCUT2D eigenvalue weighted by Gasteiger charge is -2.20. The first-order valence-electron chi connectivity index (χ1n) is 6.06. The molecule has 18 heavy (non-hydrogen) atoms. The number of nitrogens with zero attached hydrogens (tertiary/aromatic N) is 2. The number of aromatic nitrogens is 1. The summed E-state index contributed by atoms with van der Waals surface area (Å²) in [6, 6.07) is 6.36. The molecular formula is C13H18ClN3S. The number of anilines is 1.